The molecule has 1 atom stereocenters. The average Bonchev–Trinajstić information content (AvgIpc) is 3.01. The van der Waals surface area contributed by atoms with E-state index in [1.54, 1.807) is 13.0 Å². The van der Waals surface area contributed by atoms with Crippen LogP contribution in [-0.2, 0) is 17.9 Å². The predicted molar refractivity (Wildman–Crippen MR) is 104 cm³/mol. The van der Waals surface area contributed by atoms with Crippen molar-refractivity contribution >= 4 is 23.7 Å². The molecule has 0 aliphatic carbocycles. The van der Waals surface area contributed by atoms with Gasteiger partial charge < -0.3 is 10.1 Å². The topological polar surface area (TPSA) is 98.1 Å². The molecule has 0 saturated carbocycles. The Kier molecular flexibility index (Phi) is 7.42. The number of rotatable bonds is 8. The number of imide groups is 1. The highest BCUT2D eigenvalue weighted by atomic mass is 32.2. The Morgan fingerprint density at radius 1 is 1.41 bits per heavy atom. The number of allylic oxidation sites excluding steroid dienone is 1. The molecule has 1 aromatic heterocycles. The van der Waals surface area contributed by atoms with Gasteiger partial charge in [0.1, 0.15) is 12.4 Å². The zero-order chi connectivity index (χ0) is 19.8. The average molecular weight is 389 g/mol. The van der Waals surface area contributed by atoms with E-state index in [0.717, 1.165) is 11.3 Å². The molecule has 0 aliphatic heterocycles. The number of nitrogens with zero attached hydrogens (tertiary/aromatic N) is 3. The number of aromatic nitrogens is 3. The van der Waals surface area contributed by atoms with Crippen molar-refractivity contribution in [2.45, 2.75) is 37.4 Å². The van der Waals surface area contributed by atoms with Crippen LogP contribution in [-0.4, -0.2) is 39.0 Å². The molecular formula is C18H23N5O3S. The van der Waals surface area contributed by atoms with E-state index < -0.39 is 17.2 Å². The van der Waals surface area contributed by atoms with Crippen molar-refractivity contribution < 1.29 is 14.3 Å². The molecule has 0 radical (unpaired) electrons. The molecule has 3 amide bonds. The van der Waals surface area contributed by atoms with Crippen molar-refractivity contribution in [2.24, 2.45) is 0 Å². The fourth-order valence-corrected chi connectivity index (χ4v) is 3.04. The largest absolute Gasteiger partial charge is 0.486 e. The second-order valence-electron chi connectivity index (χ2n) is 5.73. The molecule has 1 heterocycles. The molecule has 144 valence electrons. The summed E-state index contributed by atoms with van der Waals surface area (Å²) in [4.78, 5) is 23.3. The number of nitrogens with one attached hydrogen (secondary N) is 2. The van der Waals surface area contributed by atoms with Gasteiger partial charge in [-0.25, -0.2) is 4.79 Å². The molecular weight excluding hydrogens is 366 g/mol. The van der Waals surface area contributed by atoms with E-state index in [1.807, 2.05) is 35.8 Å². The van der Waals surface area contributed by atoms with Crippen LogP contribution >= 0.6 is 11.8 Å². The lowest BCUT2D eigenvalue weighted by Crippen LogP contribution is -2.41. The van der Waals surface area contributed by atoms with E-state index in [0.29, 0.717) is 17.5 Å². The Balaban J connectivity index is 2.08. The zero-order valence-corrected chi connectivity index (χ0v) is 16.4. The first-order chi connectivity index (χ1) is 12.9. The Morgan fingerprint density at radius 3 is 2.85 bits per heavy atom. The number of amides is 3. The van der Waals surface area contributed by atoms with Gasteiger partial charge in [-0.1, -0.05) is 30.0 Å². The third-order valence-corrected chi connectivity index (χ3v) is 4.66. The van der Waals surface area contributed by atoms with Crippen LogP contribution in [0.1, 0.15) is 18.3 Å². The lowest BCUT2D eigenvalue weighted by atomic mass is 10.2. The summed E-state index contributed by atoms with van der Waals surface area (Å²) in [7, 11) is 1.45. The second-order valence-corrected chi connectivity index (χ2v) is 7.04. The number of carbonyl (C=O) groups is 2. The van der Waals surface area contributed by atoms with Crippen LogP contribution in [0.3, 0.4) is 0 Å². The van der Waals surface area contributed by atoms with E-state index in [4.69, 9.17) is 4.74 Å². The fraction of sp³-hybridized carbons (Fsp3) is 0.333. The van der Waals surface area contributed by atoms with E-state index >= 15 is 0 Å². The summed E-state index contributed by atoms with van der Waals surface area (Å²) >= 11 is 1.21. The maximum Gasteiger partial charge on any atom is 0.321 e. The first-order valence-electron chi connectivity index (χ1n) is 8.36. The zero-order valence-electron chi connectivity index (χ0n) is 15.6. The predicted octanol–water partition coefficient (Wildman–Crippen LogP) is 2.29. The third kappa shape index (κ3) is 5.85. The number of hydrogen-bond acceptors (Lipinski definition) is 6. The van der Waals surface area contributed by atoms with Crippen LogP contribution in [0.4, 0.5) is 4.79 Å². The molecule has 0 aliphatic rings. The molecule has 0 bridgehead atoms. The number of benzene rings is 1. The number of hydrogen-bond donors (Lipinski definition) is 2. The summed E-state index contributed by atoms with van der Waals surface area (Å²) in [5, 5.41) is 12.9. The highest BCUT2D eigenvalue weighted by Crippen LogP contribution is 2.23. The highest BCUT2D eigenvalue weighted by Gasteiger charge is 2.21. The summed E-state index contributed by atoms with van der Waals surface area (Å²) in [5.41, 5.74) is 1.10. The van der Waals surface area contributed by atoms with Crippen molar-refractivity contribution in [1.29, 1.82) is 0 Å². The Hall–Kier alpha value is -2.81. The normalized spacial score (nSPS) is 11.5. The quantitative estimate of drug-likeness (QED) is 0.531. The minimum atomic E-state index is -0.549. The van der Waals surface area contributed by atoms with Gasteiger partial charge in [-0.05, 0) is 31.5 Å². The maximum absolute atomic E-state index is 12.0. The number of aryl methyl sites for hydroxylation is 1. The van der Waals surface area contributed by atoms with Crippen molar-refractivity contribution in [3.8, 4) is 5.75 Å². The maximum atomic E-state index is 12.0. The second kappa shape index (κ2) is 9.77. The SMILES string of the molecule is C=CCn1c(COc2cccc(C)c2)nnc1SC(C)C(=O)NC(=O)NC. The highest BCUT2D eigenvalue weighted by molar-refractivity contribution is 8.00. The Bertz CT molecular complexity index is 821. The molecule has 0 fully saturated rings. The minimum absolute atomic E-state index is 0.240. The van der Waals surface area contributed by atoms with E-state index in [2.05, 4.69) is 27.4 Å². The standard InChI is InChI=1S/C18H23N5O3S/c1-5-9-23-15(11-26-14-8-6-7-12(2)10-14)21-22-18(23)27-13(3)16(24)20-17(25)19-4/h5-8,10,13H,1,9,11H2,2-4H3,(H2,19,20,24,25). The summed E-state index contributed by atoms with van der Waals surface area (Å²) < 4.78 is 7.62. The van der Waals surface area contributed by atoms with Crippen molar-refractivity contribution in [3.63, 3.8) is 0 Å². The summed E-state index contributed by atoms with van der Waals surface area (Å²) in [6.45, 7) is 8.16. The molecule has 2 N–H and O–H groups in total. The molecule has 8 nitrogen and oxygen atoms in total. The van der Waals surface area contributed by atoms with E-state index in [1.165, 1.54) is 18.8 Å². The van der Waals surface area contributed by atoms with Crippen molar-refractivity contribution in [2.75, 3.05) is 7.05 Å². The number of thioether (sulfide) groups is 1. The van der Waals surface area contributed by atoms with Gasteiger partial charge in [0.15, 0.2) is 11.0 Å². The molecule has 1 unspecified atom stereocenters. The summed E-state index contributed by atoms with van der Waals surface area (Å²) in [5.74, 6) is 0.957. The van der Waals surface area contributed by atoms with Gasteiger partial charge in [0.2, 0.25) is 5.91 Å². The molecule has 0 saturated heterocycles. The van der Waals surface area contributed by atoms with Crippen molar-refractivity contribution in [3.05, 3.63) is 48.3 Å². The van der Waals surface area contributed by atoms with Crippen LogP contribution < -0.4 is 15.4 Å². The Labute approximate surface area is 162 Å². The molecule has 9 heteroatoms. The van der Waals surface area contributed by atoms with E-state index in [9.17, 15) is 9.59 Å². The minimum Gasteiger partial charge on any atom is -0.486 e. The molecule has 27 heavy (non-hydrogen) atoms. The van der Waals surface area contributed by atoms with Gasteiger partial charge >= 0.3 is 6.03 Å². The van der Waals surface area contributed by atoms with Gasteiger partial charge in [-0.15, -0.1) is 16.8 Å². The summed E-state index contributed by atoms with van der Waals surface area (Å²) in [6.07, 6.45) is 1.72. The van der Waals surface area contributed by atoms with E-state index in [-0.39, 0.29) is 6.61 Å². The molecule has 1 aromatic carbocycles. The third-order valence-electron chi connectivity index (χ3n) is 3.58. The monoisotopic (exact) mass is 389 g/mol. The molecule has 2 rings (SSSR count). The number of carbonyl (C=O) groups excluding carboxylic acids is 2. The first kappa shape index (κ1) is 20.5. The van der Waals surface area contributed by atoms with Crippen molar-refractivity contribution in [1.82, 2.24) is 25.4 Å². The van der Waals surface area contributed by atoms with Gasteiger partial charge in [0, 0.05) is 13.6 Å². The smallest absolute Gasteiger partial charge is 0.321 e. The van der Waals surface area contributed by atoms with Gasteiger partial charge in [0.05, 0.1) is 5.25 Å². The fourth-order valence-electron chi connectivity index (χ4n) is 2.17. The number of ether oxygens (including phenoxy) is 1. The first-order valence-corrected chi connectivity index (χ1v) is 9.24. The van der Waals surface area contributed by atoms with Crippen LogP contribution in [0.5, 0.6) is 5.75 Å². The van der Waals surface area contributed by atoms with Gasteiger partial charge in [-0.3, -0.25) is 14.7 Å². The Morgan fingerprint density at radius 2 is 2.19 bits per heavy atom. The van der Waals surface area contributed by atoms with Crippen LogP contribution in [0, 0.1) is 6.92 Å². The van der Waals surface area contributed by atoms with Crippen LogP contribution in [0.15, 0.2) is 42.1 Å². The van der Waals surface area contributed by atoms with Gasteiger partial charge in [-0.2, -0.15) is 0 Å². The molecule has 2 aromatic rings. The molecule has 0 spiro atoms. The van der Waals surface area contributed by atoms with Gasteiger partial charge in [0.25, 0.3) is 0 Å². The number of urea groups is 1. The summed E-state index contributed by atoms with van der Waals surface area (Å²) in [6, 6.07) is 7.18. The van der Waals surface area contributed by atoms with Crippen LogP contribution in [0.2, 0.25) is 0 Å². The lowest BCUT2D eigenvalue weighted by Gasteiger charge is -2.12. The lowest BCUT2D eigenvalue weighted by molar-refractivity contribution is -0.119. The van der Waals surface area contributed by atoms with Crippen LogP contribution in [0.25, 0.3) is 0 Å².